The Hall–Kier alpha value is -0.920. The Bertz CT molecular complexity index is 384. The first-order chi connectivity index (χ1) is 6.79. The summed E-state index contributed by atoms with van der Waals surface area (Å²) in [5.41, 5.74) is 1.04. The highest BCUT2D eigenvalue weighted by molar-refractivity contribution is 6.42. The van der Waals surface area contributed by atoms with E-state index in [1.54, 1.807) is 6.07 Å². The molecule has 0 saturated heterocycles. The molecule has 0 radical (unpaired) electrons. The second kappa shape index (κ2) is 4.07. The van der Waals surface area contributed by atoms with E-state index in [0.29, 0.717) is 10.0 Å². The second-order valence-corrected chi connectivity index (χ2v) is 3.84. The summed E-state index contributed by atoms with van der Waals surface area (Å²) < 4.78 is 0. The minimum atomic E-state index is 0.211. The van der Waals surface area contributed by atoms with Crippen LogP contribution in [0.4, 0.5) is 0 Å². The molecule has 3 heteroatoms. The summed E-state index contributed by atoms with van der Waals surface area (Å²) >= 11 is 12.0. The first kappa shape index (κ1) is 9.63. The molecule has 14 heavy (non-hydrogen) atoms. The predicted octanol–water partition coefficient (Wildman–Crippen LogP) is 3.71. The molecule has 0 aliphatic carbocycles. The molecule has 0 fully saturated rings. The maximum Gasteiger partial charge on any atom is 0.0633 e. The third-order valence-corrected chi connectivity index (χ3v) is 2.97. The molecule has 0 spiro atoms. The number of allylic oxidation sites excluding steroid dienone is 2. The number of rotatable bonds is 1. The van der Waals surface area contributed by atoms with Crippen LogP contribution >= 0.6 is 23.2 Å². The van der Waals surface area contributed by atoms with Crippen LogP contribution in [0.25, 0.3) is 0 Å². The van der Waals surface area contributed by atoms with E-state index in [1.165, 1.54) is 0 Å². The maximum atomic E-state index is 6.11. The molecule has 2 rings (SSSR count). The van der Waals surface area contributed by atoms with E-state index in [-0.39, 0.29) is 5.92 Å². The van der Waals surface area contributed by atoms with Crippen molar-refractivity contribution in [1.29, 1.82) is 0 Å². The van der Waals surface area contributed by atoms with Crippen molar-refractivity contribution in [2.24, 2.45) is 0 Å². The topological polar surface area (TPSA) is 12.0 Å². The molecule has 0 aromatic heterocycles. The van der Waals surface area contributed by atoms with Crippen LogP contribution in [0.15, 0.2) is 42.8 Å². The lowest BCUT2D eigenvalue weighted by atomic mass is 9.98. The zero-order valence-electron chi connectivity index (χ0n) is 7.37. The third-order valence-electron chi connectivity index (χ3n) is 2.14. The standard InChI is InChI=1S/C11H9Cl2N/c12-10-3-1-2-9(11(10)13)8-4-6-14-7-5-8/h1-8,14H. The molecule has 1 aliphatic rings. The average Bonchev–Trinajstić information content (AvgIpc) is 2.23. The minimum absolute atomic E-state index is 0.211. The first-order valence-electron chi connectivity index (χ1n) is 4.32. The summed E-state index contributed by atoms with van der Waals surface area (Å²) in [6, 6.07) is 5.69. The fourth-order valence-electron chi connectivity index (χ4n) is 1.42. The molecule has 1 heterocycles. The summed E-state index contributed by atoms with van der Waals surface area (Å²) in [5.74, 6) is 0.211. The third kappa shape index (κ3) is 1.79. The van der Waals surface area contributed by atoms with E-state index in [2.05, 4.69) is 5.32 Å². The van der Waals surface area contributed by atoms with E-state index in [4.69, 9.17) is 23.2 Å². The van der Waals surface area contributed by atoms with Crippen LogP contribution in [0.1, 0.15) is 11.5 Å². The Kier molecular flexibility index (Phi) is 2.80. The lowest BCUT2D eigenvalue weighted by molar-refractivity contribution is 0.995. The van der Waals surface area contributed by atoms with Gasteiger partial charge in [-0.05, 0) is 24.0 Å². The van der Waals surface area contributed by atoms with Crippen LogP contribution in [-0.2, 0) is 0 Å². The van der Waals surface area contributed by atoms with Crippen molar-refractivity contribution < 1.29 is 0 Å². The highest BCUT2D eigenvalue weighted by Gasteiger charge is 2.11. The van der Waals surface area contributed by atoms with Crippen LogP contribution in [0, 0.1) is 0 Å². The van der Waals surface area contributed by atoms with E-state index in [1.807, 2.05) is 36.7 Å². The van der Waals surface area contributed by atoms with E-state index in [9.17, 15) is 0 Å². The van der Waals surface area contributed by atoms with Crippen molar-refractivity contribution in [3.63, 3.8) is 0 Å². The van der Waals surface area contributed by atoms with Gasteiger partial charge >= 0.3 is 0 Å². The fraction of sp³-hybridized carbons (Fsp3) is 0.0909. The molecular weight excluding hydrogens is 217 g/mol. The van der Waals surface area contributed by atoms with Gasteiger partial charge in [-0.15, -0.1) is 0 Å². The van der Waals surface area contributed by atoms with E-state index >= 15 is 0 Å². The predicted molar refractivity (Wildman–Crippen MR) is 60.6 cm³/mol. The number of nitrogens with one attached hydrogen (secondary N) is 1. The summed E-state index contributed by atoms with van der Waals surface area (Å²) in [5, 5.41) is 4.22. The van der Waals surface area contributed by atoms with Gasteiger partial charge in [-0.25, -0.2) is 0 Å². The van der Waals surface area contributed by atoms with Crippen LogP contribution in [0.5, 0.6) is 0 Å². The van der Waals surface area contributed by atoms with Crippen molar-refractivity contribution in [1.82, 2.24) is 5.32 Å². The molecule has 0 bridgehead atoms. The Morgan fingerprint density at radius 3 is 2.50 bits per heavy atom. The molecule has 72 valence electrons. The Labute approximate surface area is 93.0 Å². The van der Waals surface area contributed by atoms with Crippen molar-refractivity contribution >= 4 is 23.2 Å². The van der Waals surface area contributed by atoms with E-state index in [0.717, 1.165) is 5.56 Å². The van der Waals surface area contributed by atoms with Gasteiger partial charge in [-0.1, -0.05) is 47.5 Å². The van der Waals surface area contributed by atoms with Gasteiger partial charge in [0, 0.05) is 5.92 Å². The van der Waals surface area contributed by atoms with Gasteiger partial charge in [0.05, 0.1) is 10.0 Å². The van der Waals surface area contributed by atoms with Crippen LogP contribution in [0.3, 0.4) is 0 Å². The number of hydrogen-bond acceptors (Lipinski definition) is 1. The number of halogens is 2. The lowest BCUT2D eigenvalue weighted by Gasteiger charge is -2.14. The molecule has 1 aliphatic heterocycles. The molecule has 0 saturated carbocycles. The minimum Gasteiger partial charge on any atom is -0.368 e. The second-order valence-electron chi connectivity index (χ2n) is 3.05. The SMILES string of the molecule is Clc1cccc(C2C=CNC=C2)c1Cl. The van der Waals surface area contributed by atoms with Crippen LogP contribution in [-0.4, -0.2) is 0 Å². The molecular formula is C11H9Cl2N. The van der Waals surface area contributed by atoms with Crippen LogP contribution in [0.2, 0.25) is 10.0 Å². The fourth-order valence-corrected chi connectivity index (χ4v) is 1.86. The zero-order chi connectivity index (χ0) is 9.97. The van der Waals surface area contributed by atoms with Crippen molar-refractivity contribution in [2.45, 2.75) is 5.92 Å². The van der Waals surface area contributed by atoms with Gasteiger partial charge in [0.15, 0.2) is 0 Å². The normalized spacial score (nSPS) is 15.6. The summed E-state index contributed by atoms with van der Waals surface area (Å²) in [4.78, 5) is 0. The summed E-state index contributed by atoms with van der Waals surface area (Å²) in [6.45, 7) is 0. The summed E-state index contributed by atoms with van der Waals surface area (Å²) in [6.07, 6.45) is 7.86. The van der Waals surface area contributed by atoms with Gasteiger partial charge in [-0.3, -0.25) is 0 Å². The lowest BCUT2D eigenvalue weighted by Crippen LogP contribution is -2.03. The van der Waals surface area contributed by atoms with Crippen molar-refractivity contribution in [3.05, 3.63) is 58.4 Å². The van der Waals surface area contributed by atoms with Gasteiger partial charge in [0.25, 0.3) is 0 Å². The van der Waals surface area contributed by atoms with Gasteiger partial charge in [0.1, 0.15) is 0 Å². The van der Waals surface area contributed by atoms with E-state index < -0.39 is 0 Å². The molecule has 1 aromatic rings. The molecule has 0 unspecified atom stereocenters. The highest BCUT2D eigenvalue weighted by Crippen LogP contribution is 2.32. The molecule has 1 N–H and O–H groups in total. The quantitative estimate of drug-likeness (QED) is 0.769. The largest absolute Gasteiger partial charge is 0.368 e. The molecule has 0 amide bonds. The van der Waals surface area contributed by atoms with Gasteiger partial charge < -0.3 is 5.32 Å². The molecule has 1 aromatic carbocycles. The van der Waals surface area contributed by atoms with Crippen molar-refractivity contribution in [2.75, 3.05) is 0 Å². The van der Waals surface area contributed by atoms with Crippen molar-refractivity contribution in [3.8, 4) is 0 Å². The first-order valence-corrected chi connectivity index (χ1v) is 5.08. The highest BCUT2D eigenvalue weighted by atomic mass is 35.5. The van der Waals surface area contributed by atoms with Gasteiger partial charge in [0.2, 0.25) is 0 Å². The maximum absolute atomic E-state index is 6.11. The monoisotopic (exact) mass is 225 g/mol. The number of dihydropyridines is 1. The Morgan fingerprint density at radius 2 is 1.79 bits per heavy atom. The Balaban J connectivity index is 2.40. The Morgan fingerprint density at radius 1 is 1.07 bits per heavy atom. The molecule has 1 nitrogen and oxygen atoms in total. The van der Waals surface area contributed by atoms with Gasteiger partial charge in [-0.2, -0.15) is 0 Å². The summed E-state index contributed by atoms with van der Waals surface area (Å²) in [7, 11) is 0. The molecule has 0 atom stereocenters. The number of benzene rings is 1. The van der Waals surface area contributed by atoms with Crippen LogP contribution < -0.4 is 5.32 Å². The zero-order valence-corrected chi connectivity index (χ0v) is 8.89. The average molecular weight is 226 g/mol. The smallest absolute Gasteiger partial charge is 0.0633 e. The number of hydrogen-bond donors (Lipinski definition) is 1.